The highest BCUT2D eigenvalue weighted by Gasteiger charge is 2.10. The molecule has 4 rings (SSSR count). The van der Waals surface area contributed by atoms with Crippen LogP contribution < -0.4 is 10.1 Å². The molecule has 0 bridgehead atoms. The Labute approximate surface area is 196 Å². The fourth-order valence-corrected chi connectivity index (χ4v) is 3.48. The summed E-state index contributed by atoms with van der Waals surface area (Å²) in [5.41, 5.74) is 1.95. The fraction of sp³-hybridized carbons (Fsp3) is 0.375. The number of aryl methyl sites for hydroxylation is 1. The Morgan fingerprint density at radius 2 is 1.56 bits per heavy atom. The smallest absolute Gasteiger partial charge is 0.215 e. The highest BCUT2D eigenvalue weighted by Crippen LogP contribution is 2.27. The minimum absolute atomic E-state index is 0.107. The number of nitrogens with zero attached hydrogens (tertiary/aromatic N) is 4. The molecule has 0 atom stereocenters. The molecule has 4 aromatic rings. The van der Waals surface area contributed by atoms with Crippen LogP contribution in [-0.2, 0) is 21.3 Å². The molecule has 34 heavy (non-hydrogen) atoms. The highest BCUT2D eigenvalue weighted by molar-refractivity contribution is 6.06. The van der Waals surface area contributed by atoms with E-state index in [4.69, 9.17) is 23.9 Å². The van der Waals surface area contributed by atoms with Gasteiger partial charge in [-0.15, -0.1) is 0 Å². The molecule has 9 nitrogen and oxygen atoms in total. The van der Waals surface area contributed by atoms with E-state index < -0.39 is 6.67 Å². The average Bonchev–Trinajstić information content (AvgIpc) is 3.14. The van der Waals surface area contributed by atoms with Crippen LogP contribution in [-0.4, -0.2) is 72.4 Å². The number of pyridine rings is 3. The van der Waals surface area contributed by atoms with Crippen LogP contribution in [0.5, 0.6) is 5.88 Å². The minimum atomic E-state index is -0.479. The molecule has 0 saturated heterocycles. The molecule has 0 unspecified atom stereocenters. The average molecular weight is 470 g/mol. The standard InChI is InChI=1S/C24H28FN5O4/c1-30-20-7-9-26-17-19(20)18-5-6-22(29-24(18)30)27-21-3-2-4-23(28-21)34-16-15-33-14-13-32-12-11-31-10-8-25/h2-7,9,17H,8,10-16H2,1H3,(H,27,28,29). The van der Waals surface area contributed by atoms with Crippen LogP contribution in [0.25, 0.3) is 21.9 Å². The van der Waals surface area contributed by atoms with Crippen molar-refractivity contribution in [2.45, 2.75) is 0 Å². The summed E-state index contributed by atoms with van der Waals surface area (Å²) in [6, 6.07) is 11.5. The molecule has 0 fully saturated rings. The van der Waals surface area contributed by atoms with Gasteiger partial charge >= 0.3 is 0 Å². The lowest BCUT2D eigenvalue weighted by atomic mass is 10.2. The second-order valence-corrected chi connectivity index (χ2v) is 7.38. The van der Waals surface area contributed by atoms with Gasteiger partial charge in [0.15, 0.2) is 0 Å². The first-order valence-electron chi connectivity index (χ1n) is 11.1. The summed E-state index contributed by atoms with van der Waals surface area (Å²) >= 11 is 0. The predicted octanol–water partition coefficient (Wildman–Crippen LogP) is 3.66. The Balaban J connectivity index is 1.23. The van der Waals surface area contributed by atoms with Gasteiger partial charge in [0, 0.05) is 36.3 Å². The first-order chi connectivity index (χ1) is 16.8. The van der Waals surface area contributed by atoms with Crippen molar-refractivity contribution in [3.05, 3.63) is 48.8 Å². The molecule has 0 aliphatic carbocycles. The molecule has 4 heterocycles. The zero-order valence-electron chi connectivity index (χ0n) is 19.1. The van der Waals surface area contributed by atoms with Crippen molar-refractivity contribution in [3.63, 3.8) is 0 Å². The summed E-state index contributed by atoms with van der Waals surface area (Å²) in [7, 11) is 1.99. The summed E-state index contributed by atoms with van der Waals surface area (Å²) in [4.78, 5) is 13.5. The summed E-state index contributed by atoms with van der Waals surface area (Å²) in [5, 5.41) is 5.37. The second kappa shape index (κ2) is 12.2. The van der Waals surface area contributed by atoms with Gasteiger partial charge in [-0.2, -0.15) is 4.98 Å². The van der Waals surface area contributed by atoms with E-state index in [-0.39, 0.29) is 6.61 Å². The van der Waals surface area contributed by atoms with E-state index in [2.05, 4.69) is 19.9 Å². The lowest BCUT2D eigenvalue weighted by Gasteiger charge is -2.09. The molecule has 0 aromatic carbocycles. The Morgan fingerprint density at radius 1 is 0.824 bits per heavy atom. The quantitative estimate of drug-likeness (QED) is 0.280. The Bertz CT molecular complexity index is 1200. The van der Waals surface area contributed by atoms with Crippen molar-refractivity contribution < 1.29 is 23.3 Å². The van der Waals surface area contributed by atoms with Crippen molar-refractivity contribution >= 4 is 33.6 Å². The van der Waals surface area contributed by atoms with Crippen LogP contribution in [0.15, 0.2) is 48.8 Å². The van der Waals surface area contributed by atoms with E-state index in [1.165, 1.54) is 0 Å². The number of rotatable bonds is 14. The lowest BCUT2D eigenvalue weighted by Crippen LogP contribution is -2.13. The number of aromatic nitrogens is 4. The van der Waals surface area contributed by atoms with Crippen LogP contribution in [0.1, 0.15) is 0 Å². The number of fused-ring (bicyclic) bond motifs is 3. The van der Waals surface area contributed by atoms with Gasteiger partial charge in [-0.3, -0.25) is 4.98 Å². The van der Waals surface area contributed by atoms with Gasteiger partial charge in [0.1, 0.15) is 30.6 Å². The molecule has 0 amide bonds. The van der Waals surface area contributed by atoms with Crippen molar-refractivity contribution in [2.75, 3.05) is 58.2 Å². The number of alkyl halides is 1. The minimum Gasteiger partial charge on any atom is -0.475 e. The van der Waals surface area contributed by atoms with Crippen molar-refractivity contribution in [1.82, 2.24) is 19.5 Å². The van der Waals surface area contributed by atoms with E-state index >= 15 is 0 Å². The maximum Gasteiger partial charge on any atom is 0.215 e. The van der Waals surface area contributed by atoms with Crippen molar-refractivity contribution in [3.8, 4) is 5.88 Å². The van der Waals surface area contributed by atoms with E-state index in [0.29, 0.717) is 57.2 Å². The van der Waals surface area contributed by atoms with Gasteiger partial charge in [0.2, 0.25) is 5.88 Å². The van der Waals surface area contributed by atoms with Crippen molar-refractivity contribution in [1.29, 1.82) is 0 Å². The molecule has 180 valence electrons. The number of halogens is 1. The monoisotopic (exact) mass is 469 g/mol. The topological polar surface area (TPSA) is 92.6 Å². The first-order valence-corrected chi connectivity index (χ1v) is 11.1. The largest absolute Gasteiger partial charge is 0.475 e. The fourth-order valence-electron chi connectivity index (χ4n) is 3.48. The number of ether oxygens (including phenoxy) is 4. The molecule has 0 saturated carbocycles. The molecule has 0 aliphatic rings. The molecule has 10 heteroatoms. The molecular weight excluding hydrogens is 441 g/mol. The second-order valence-electron chi connectivity index (χ2n) is 7.38. The number of anilines is 2. The maximum absolute atomic E-state index is 11.9. The lowest BCUT2D eigenvalue weighted by molar-refractivity contribution is 0.00729. The normalized spacial score (nSPS) is 11.4. The van der Waals surface area contributed by atoms with Crippen molar-refractivity contribution in [2.24, 2.45) is 7.05 Å². The first kappa shape index (κ1) is 23.8. The summed E-state index contributed by atoms with van der Waals surface area (Å²) < 4.78 is 35.4. The number of hydrogen-bond donors (Lipinski definition) is 1. The number of hydrogen-bond acceptors (Lipinski definition) is 8. The molecule has 1 N–H and O–H groups in total. The van der Waals surface area contributed by atoms with Crippen LogP contribution in [0.4, 0.5) is 16.0 Å². The molecular formula is C24H28FN5O4. The third kappa shape index (κ3) is 6.16. The third-order valence-corrected chi connectivity index (χ3v) is 5.07. The zero-order chi connectivity index (χ0) is 23.6. The zero-order valence-corrected chi connectivity index (χ0v) is 19.1. The van der Waals surface area contributed by atoms with Crippen LogP contribution in [0, 0.1) is 0 Å². The Hall–Kier alpha value is -3.34. The summed E-state index contributed by atoms with van der Waals surface area (Å²) in [6.45, 7) is 2.10. The highest BCUT2D eigenvalue weighted by atomic mass is 19.1. The predicted molar refractivity (Wildman–Crippen MR) is 127 cm³/mol. The molecule has 0 radical (unpaired) electrons. The third-order valence-electron chi connectivity index (χ3n) is 5.07. The van der Waals surface area contributed by atoms with Crippen LogP contribution in [0.3, 0.4) is 0 Å². The van der Waals surface area contributed by atoms with E-state index in [0.717, 1.165) is 21.9 Å². The summed E-state index contributed by atoms with van der Waals surface area (Å²) in [5.74, 6) is 1.81. The van der Waals surface area contributed by atoms with Gasteiger partial charge in [-0.1, -0.05) is 6.07 Å². The van der Waals surface area contributed by atoms with Crippen LogP contribution >= 0.6 is 0 Å². The van der Waals surface area contributed by atoms with Gasteiger partial charge in [-0.25, -0.2) is 9.37 Å². The van der Waals surface area contributed by atoms with Crippen LogP contribution in [0.2, 0.25) is 0 Å². The van der Waals surface area contributed by atoms with Gasteiger partial charge < -0.3 is 28.8 Å². The van der Waals surface area contributed by atoms with Gasteiger partial charge in [0.05, 0.1) is 45.2 Å². The molecule has 0 aliphatic heterocycles. The molecule has 0 spiro atoms. The number of nitrogens with one attached hydrogen (secondary N) is 1. The van der Waals surface area contributed by atoms with Gasteiger partial charge in [0.25, 0.3) is 0 Å². The SMILES string of the molecule is Cn1c2ccncc2c2ccc(Nc3cccc(OCCOCCOCCOCCF)n3)nc21. The van der Waals surface area contributed by atoms with E-state index in [1.807, 2.05) is 43.6 Å². The Kier molecular flexibility index (Phi) is 8.55. The Morgan fingerprint density at radius 3 is 2.35 bits per heavy atom. The van der Waals surface area contributed by atoms with Gasteiger partial charge in [-0.05, 0) is 24.3 Å². The van der Waals surface area contributed by atoms with E-state index in [9.17, 15) is 4.39 Å². The summed E-state index contributed by atoms with van der Waals surface area (Å²) in [6.07, 6.45) is 3.64. The molecule has 4 aromatic heterocycles. The van der Waals surface area contributed by atoms with E-state index in [1.54, 1.807) is 12.3 Å². The maximum atomic E-state index is 11.9.